The largest absolute Gasteiger partial charge is 0.491 e. The minimum atomic E-state index is -0.147. The van der Waals surface area contributed by atoms with Crippen molar-refractivity contribution in [2.45, 2.75) is 26.5 Å². The summed E-state index contributed by atoms with van der Waals surface area (Å²) in [5.41, 5.74) is 3.12. The van der Waals surface area contributed by atoms with Gasteiger partial charge in [0.1, 0.15) is 5.75 Å². The Bertz CT molecular complexity index is 871. The van der Waals surface area contributed by atoms with Crippen LogP contribution in [0.1, 0.15) is 29.9 Å². The third-order valence-corrected chi connectivity index (χ3v) is 3.78. The maximum atomic E-state index is 12.3. The van der Waals surface area contributed by atoms with Crippen molar-refractivity contribution >= 4 is 5.91 Å². The van der Waals surface area contributed by atoms with E-state index in [9.17, 15) is 4.79 Å². The molecular weight excluding hydrogens is 328 g/mol. The second-order valence-electron chi connectivity index (χ2n) is 6.23. The molecule has 0 atom stereocenters. The maximum Gasteiger partial charge on any atom is 0.251 e. The van der Waals surface area contributed by atoms with Crippen LogP contribution in [0.15, 0.2) is 54.7 Å². The average molecular weight is 350 g/mol. The van der Waals surface area contributed by atoms with Crippen LogP contribution in [0.25, 0.3) is 11.4 Å². The van der Waals surface area contributed by atoms with Gasteiger partial charge in [-0.15, -0.1) is 0 Å². The molecule has 134 valence electrons. The summed E-state index contributed by atoms with van der Waals surface area (Å²) in [6.45, 7) is 4.28. The number of nitrogens with zero attached hydrogens (tertiary/aromatic N) is 3. The van der Waals surface area contributed by atoms with Crippen LogP contribution in [0.2, 0.25) is 0 Å². The zero-order valence-electron chi connectivity index (χ0n) is 15.1. The first kappa shape index (κ1) is 17.7. The predicted octanol–water partition coefficient (Wildman–Crippen LogP) is 3.20. The van der Waals surface area contributed by atoms with Gasteiger partial charge in [0.15, 0.2) is 0 Å². The van der Waals surface area contributed by atoms with Crippen LogP contribution in [0.4, 0.5) is 0 Å². The standard InChI is InChI=1S/C20H22N4O2/c1-14(2)26-17-9-7-15(8-10-17)20(25)22-13-16-12-19(24(3)23-16)18-6-4-5-11-21-18/h4-12,14H,13H2,1-3H3,(H,22,25). The highest BCUT2D eigenvalue weighted by Crippen LogP contribution is 2.17. The number of hydrogen-bond acceptors (Lipinski definition) is 4. The van der Waals surface area contributed by atoms with Crippen molar-refractivity contribution in [3.8, 4) is 17.1 Å². The van der Waals surface area contributed by atoms with Crippen molar-refractivity contribution in [2.75, 3.05) is 0 Å². The molecule has 0 saturated heterocycles. The summed E-state index contributed by atoms with van der Waals surface area (Å²) in [5.74, 6) is 0.604. The second-order valence-corrected chi connectivity index (χ2v) is 6.23. The molecule has 6 nitrogen and oxygen atoms in total. The SMILES string of the molecule is CC(C)Oc1ccc(C(=O)NCc2cc(-c3ccccn3)n(C)n2)cc1. The van der Waals surface area contributed by atoms with Crippen LogP contribution >= 0.6 is 0 Å². The molecule has 6 heteroatoms. The molecule has 26 heavy (non-hydrogen) atoms. The summed E-state index contributed by atoms with van der Waals surface area (Å²) in [6.07, 6.45) is 1.85. The van der Waals surface area contributed by atoms with Gasteiger partial charge < -0.3 is 10.1 Å². The number of benzene rings is 1. The molecule has 0 unspecified atom stereocenters. The molecule has 0 fully saturated rings. The van der Waals surface area contributed by atoms with Gasteiger partial charge in [-0.3, -0.25) is 14.5 Å². The number of amides is 1. The van der Waals surface area contributed by atoms with Gasteiger partial charge in [-0.25, -0.2) is 0 Å². The van der Waals surface area contributed by atoms with E-state index in [1.807, 2.05) is 45.2 Å². The topological polar surface area (TPSA) is 69.0 Å². The molecule has 0 aliphatic rings. The molecule has 0 saturated carbocycles. The highest BCUT2D eigenvalue weighted by Gasteiger charge is 2.11. The van der Waals surface area contributed by atoms with Crippen molar-refractivity contribution < 1.29 is 9.53 Å². The maximum absolute atomic E-state index is 12.3. The van der Waals surface area contributed by atoms with Crippen LogP contribution in [-0.4, -0.2) is 26.8 Å². The fraction of sp³-hybridized carbons (Fsp3) is 0.250. The lowest BCUT2D eigenvalue weighted by Crippen LogP contribution is -2.23. The van der Waals surface area contributed by atoms with Crippen LogP contribution in [0, 0.1) is 0 Å². The lowest BCUT2D eigenvalue weighted by Gasteiger charge is -2.10. The molecule has 0 spiro atoms. The second kappa shape index (κ2) is 7.82. The van der Waals surface area contributed by atoms with Crippen molar-refractivity contribution in [3.63, 3.8) is 0 Å². The molecule has 1 N–H and O–H groups in total. The number of carbonyl (C=O) groups is 1. The predicted molar refractivity (Wildman–Crippen MR) is 99.8 cm³/mol. The van der Waals surface area contributed by atoms with E-state index in [1.165, 1.54) is 0 Å². The van der Waals surface area contributed by atoms with E-state index in [4.69, 9.17) is 4.74 Å². The molecule has 0 radical (unpaired) electrons. The Morgan fingerprint density at radius 3 is 2.62 bits per heavy atom. The van der Waals surface area contributed by atoms with E-state index in [0.29, 0.717) is 12.1 Å². The fourth-order valence-electron chi connectivity index (χ4n) is 2.60. The van der Waals surface area contributed by atoms with Gasteiger partial charge in [-0.05, 0) is 56.3 Å². The van der Waals surface area contributed by atoms with Gasteiger partial charge in [0, 0.05) is 18.8 Å². The zero-order valence-corrected chi connectivity index (χ0v) is 15.1. The van der Waals surface area contributed by atoms with E-state index in [2.05, 4.69) is 15.4 Å². The smallest absolute Gasteiger partial charge is 0.251 e. The number of hydrogen-bond donors (Lipinski definition) is 1. The Labute approximate surface area is 152 Å². The Balaban J connectivity index is 1.63. The lowest BCUT2D eigenvalue weighted by atomic mass is 10.2. The first-order valence-corrected chi connectivity index (χ1v) is 8.52. The molecule has 2 heterocycles. The van der Waals surface area contributed by atoms with Crippen molar-refractivity contribution in [2.24, 2.45) is 7.05 Å². The van der Waals surface area contributed by atoms with Crippen LogP contribution in [0.5, 0.6) is 5.75 Å². The Hall–Kier alpha value is -3.15. The van der Waals surface area contributed by atoms with Gasteiger partial charge in [0.25, 0.3) is 5.91 Å². The molecule has 0 bridgehead atoms. The third kappa shape index (κ3) is 4.27. The number of aromatic nitrogens is 3. The highest BCUT2D eigenvalue weighted by molar-refractivity contribution is 5.94. The van der Waals surface area contributed by atoms with Gasteiger partial charge >= 0.3 is 0 Å². The number of nitrogens with one attached hydrogen (secondary N) is 1. The monoisotopic (exact) mass is 350 g/mol. The van der Waals surface area contributed by atoms with E-state index in [0.717, 1.165) is 22.8 Å². The molecule has 0 aliphatic carbocycles. The number of carbonyl (C=O) groups excluding carboxylic acids is 1. The summed E-state index contributed by atoms with van der Waals surface area (Å²) in [6, 6.07) is 14.8. The molecule has 1 aromatic carbocycles. The highest BCUT2D eigenvalue weighted by atomic mass is 16.5. The summed E-state index contributed by atoms with van der Waals surface area (Å²) in [4.78, 5) is 16.6. The number of rotatable bonds is 6. The van der Waals surface area contributed by atoms with E-state index in [1.54, 1.807) is 35.1 Å². The molecule has 2 aromatic heterocycles. The Kier molecular flexibility index (Phi) is 5.31. The van der Waals surface area contributed by atoms with E-state index in [-0.39, 0.29) is 12.0 Å². The first-order chi connectivity index (χ1) is 12.5. The van der Waals surface area contributed by atoms with Crippen LogP contribution in [0.3, 0.4) is 0 Å². The summed E-state index contributed by atoms with van der Waals surface area (Å²) in [7, 11) is 1.86. The third-order valence-electron chi connectivity index (χ3n) is 3.78. The average Bonchev–Trinajstić information content (AvgIpc) is 3.01. The number of aryl methyl sites for hydroxylation is 1. The fourth-order valence-corrected chi connectivity index (χ4v) is 2.60. The minimum absolute atomic E-state index is 0.104. The Morgan fingerprint density at radius 2 is 1.96 bits per heavy atom. The van der Waals surface area contributed by atoms with Crippen molar-refractivity contribution in [3.05, 3.63) is 66.0 Å². The van der Waals surface area contributed by atoms with Gasteiger partial charge in [0.2, 0.25) is 0 Å². The first-order valence-electron chi connectivity index (χ1n) is 8.52. The van der Waals surface area contributed by atoms with E-state index >= 15 is 0 Å². The molecule has 3 aromatic rings. The van der Waals surface area contributed by atoms with Gasteiger partial charge in [-0.2, -0.15) is 5.10 Å². The lowest BCUT2D eigenvalue weighted by molar-refractivity contribution is 0.0950. The molecule has 1 amide bonds. The van der Waals surface area contributed by atoms with Gasteiger partial charge in [-0.1, -0.05) is 6.07 Å². The summed E-state index contributed by atoms with van der Waals surface area (Å²) >= 11 is 0. The van der Waals surface area contributed by atoms with Gasteiger partial charge in [0.05, 0.1) is 29.7 Å². The molecule has 0 aliphatic heterocycles. The van der Waals surface area contributed by atoms with Crippen LogP contribution < -0.4 is 10.1 Å². The minimum Gasteiger partial charge on any atom is -0.491 e. The quantitative estimate of drug-likeness (QED) is 0.741. The zero-order chi connectivity index (χ0) is 18.5. The van der Waals surface area contributed by atoms with Crippen molar-refractivity contribution in [1.29, 1.82) is 0 Å². The summed E-state index contributed by atoms with van der Waals surface area (Å²) < 4.78 is 7.35. The van der Waals surface area contributed by atoms with Crippen molar-refractivity contribution in [1.82, 2.24) is 20.1 Å². The van der Waals surface area contributed by atoms with E-state index < -0.39 is 0 Å². The van der Waals surface area contributed by atoms with Crippen LogP contribution in [-0.2, 0) is 13.6 Å². The normalized spacial score (nSPS) is 10.8. The Morgan fingerprint density at radius 1 is 1.19 bits per heavy atom. The summed E-state index contributed by atoms with van der Waals surface area (Å²) in [5, 5.41) is 7.33. The number of pyridine rings is 1. The molecule has 3 rings (SSSR count). The molecular formula is C20H22N4O2. The number of ether oxygens (including phenoxy) is 1.